The lowest BCUT2D eigenvalue weighted by atomic mass is 10.0. The summed E-state index contributed by atoms with van der Waals surface area (Å²) in [5.74, 6) is -0.872. The molecule has 1 unspecified atom stereocenters. The quantitative estimate of drug-likeness (QED) is 0.505. The van der Waals surface area contributed by atoms with Crippen LogP contribution in [0.25, 0.3) is 6.08 Å². The molecule has 22 heavy (non-hydrogen) atoms. The maximum absolute atomic E-state index is 11.5. The molecule has 1 atom stereocenters. The maximum Gasteiger partial charge on any atom is 0.345 e. The van der Waals surface area contributed by atoms with Crippen LogP contribution < -0.4 is 9.47 Å². The number of benzene rings is 1. The number of hydrogen-bond donors (Lipinski definition) is 1. The zero-order valence-corrected chi connectivity index (χ0v) is 12.5. The molecular weight excluding hydrogens is 288 g/mol. The fourth-order valence-corrected chi connectivity index (χ4v) is 2.32. The molecule has 6 nitrogen and oxygen atoms in total. The van der Waals surface area contributed by atoms with Crippen LogP contribution >= 0.6 is 0 Å². The van der Waals surface area contributed by atoms with Gasteiger partial charge in [0.2, 0.25) is 0 Å². The molecule has 1 N–H and O–H groups in total. The molecule has 0 amide bonds. The van der Waals surface area contributed by atoms with Crippen LogP contribution in [0.1, 0.15) is 25.0 Å². The molecule has 1 aromatic carbocycles. The first-order valence-electron chi connectivity index (χ1n) is 6.67. The normalized spacial score (nSPS) is 15.5. The Kier molecular flexibility index (Phi) is 4.30. The van der Waals surface area contributed by atoms with Gasteiger partial charge in [0.25, 0.3) is 0 Å². The third-order valence-corrected chi connectivity index (χ3v) is 3.42. The van der Waals surface area contributed by atoms with Crippen LogP contribution in [0.5, 0.6) is 11.5 Å². The van der Waals surface area contributed by atoms with Crippen molar-refractivity contribution in [3.8, 4) is 11.5 Å². The monoisotopic (exact) mass is 304 g/mol. The molecule has 0 aromatic heterocycles. The SMILES string of the molecule is COc1cc2c(cc1C=C(C(C)=O)C(C)=O)CC(C(=O)O)O2. The van der Waals surface area contributed by atoms with Gasteiger partial charge in [-0.05, 0) is 31.6 Å². The number of methoxy groups -OCH3 is 1. The van der Waals surface area contributed by atoms with E-state index in [1.54, 1.807) is 12.1 Å². The van der Waals surface area contributed by atoms with Gasteiger partial charge in [-0.1, -0.05) is 0 Å². The average molecular weight is 304 g/mol. The second-order valence-electron chi connectivity index (χ2n) is 5.02. The van der Waals surface area contributed by atoms with Gasteiger partial charge in [-0.15, -0.1) is 0 Å². The molecule has 6 heteroatoms. The summed E-state index contributed by atoms with van der Waals surface area (Å²) in [5.41, 5.74) is 1.30. The molecule has 0 saturated carbocycles. The van der Waals surface area contributed by atoms with Crippen LogP contribution in [0.4, 0.5) is 0 Å². The van der Waals surface area contributed by atoms with Crippen LogP contribution in [0.15, 0.2) is 17.7 Å². The number of aliphatic carboxylic acids is 1. The molecule has 0 bridgehead atoms. The van der Waals surface area contributed by atoms with Gasteiger partial charge in [0.15, 0.2) is 17.7 Å². The van der Waals surface area contributed by atoms with E-state index in [4.69, 9.17) is 14.6 Å². The Balaban J connectivity index is 2.49. The Labute approximate surface area is 127 Å². The Morgan fingerprint density at radius 3 is 2.41 bits per heavy atom. The number of carboxylic acids is 1. The summed E-state index contributed by atoms with van der Waals surface area (Å²) in [4.78, 5) is 34.1. The molecule has 0 spiro atoms. The minimum Gasteiger partial charge on any atom is -0.496 e. The van der Waals surface area contributed by atoms with Crippen molar-refractivity contribution in [2.24, 2.45) is 0 Å². The van der Waals surface area contributed by atoms with Crippen molar-refractivity contribution in [1.82, 2.24) is 0 Å². The van der Waals surface area contributed by atoms with Gasteiger partial charge in [0.1, 0.15) is 11.5 Å². The van der Waals surface area contributed by atoms with E-state index in [1.807, 2.05) is 0 Å². The van der Waals surface area contributed by atoms with Crippen molar-refractivity contribution in [3.63, 3.8) is 0 Å². The number of carbonyl (C=O) groups excluding carboxylic acids is 2. The summed E-state index contributed by atoms with van der Waals surface area (Å²) in [5, 5.41) is 9.01. The molecular formula is C16H16O6. The molecule has 0 aliphatic carbocycles. The van der Waals surface area contributed by atoms with Crippen LogP contribution in [0.3, 0.4) is 0 Å². The summed E-state index contributed by atoms with van der Waals surface area (Å²) in [6.45, 7) is 2.63. The first-order chi connectivity index (χ1) is 10.3. The zero-order valence-electron chi connectivity index (χ0n) is 12.5. The fourth-order valence-electron chi connectivity index (χ4n) is 2.32. The summed E-state index contributed by atoms with van der Waals surface area (Å²) < 4.78 is 10.6. The summed E-state index contributed by atoms with van der Waals surface area (Å²) in [7, 11) is 1.45. The fraction of sp³-hybridized carbons (Fsp3) is 0.312. The van der Waals surface area contributed by atoms with E-state index < -0.39 is 12.1 Å². The number of allylic oxidation sites excluding steroid dienone is 1. The van der Waals surface area contributed by atoms with Gasteiger partial charge >= 0.3 is 5.97 Å². The number of hydrogen-bond acceptors (Lipinski definition) is 5. The van der Waals surface area contributed by atoms with E-state index in [2.05, 4.69) is 0 Å². The van der Waals surface area contributed by atoms with Crippen molar-refractivity contribution in [2.45, 2.75) is 26.4 Å². The van der Waals surface area contributed by atoms with E-state index >= 15 is 0 Å². The van der Waals surface area contributed by atoms with Crippen molar-refractivity contribution in [2.75, 3.05) is 7.11 Å². The second kappa shape index (κ2) is 6.01. The topological polar surface area (TPSA) is 89.9 Å². The predicted molar refractivity (Wildman–Crippen MR) is 78.1 cm³/mol. The molecule has 0 saturated heterocycles. The number of rotatable bonds is 5. The molecule has 0 fully saturated rings. The second-order valence-corrected chi connectivity index (χ2v) is 5.02. The van der Waals surface area contributed by atoms with E-state index in [9.17, 15) is 14.4 Å². The van der Waals surface area contributed by atoms with Crippen LogP contribution in [-0.2, 0) is 20.8 Å². The lowest BCUT2D eigenvalue weighted by molar-refractivity contribution is -0.144. The van der Waals surface area contributed by atoms with Gasteiger partial charge in [0.05, 0.1) is 12.7 Å². The Hall–Kier alpha value is -2.63. The predicted octanol–water partition coefficient (Wildman–Crippen LogP) is 1.64. The minimum atomic E-state index is -1.04. The average Bonchev–Trinajstić information content (AvgIpc) is 2.85. The number of carbonyl (C=O) groups is 3. The number of Topliss-reactive ketones (excluding diaryl/α,β-unsaturated/α-hetero) is 2. The molecule has 1 heterocycles. The molecule has 1 aliphatic heterocycles. The van der Waals surface area contributed by atoms with E-state index in [0.717, 1.165) is 0 Å². The van der Waals surface area contributed by atoms with Gasteiger partial charge in [-0.2, -0.15) is 0 Å². The lowest BCUT2D eigenvalue weighted by Gasteiger charge is -2.09. The third-order valence-electron chi connectivity index (χ3n) is 3.42. The number of ketones is 2. The highest BCUT2D eigenvalue weighted by atomic mass is 16.5. The summed E-state index contributed by atoms with van der Waals surface area (Å²) in [6, 6.07) is 3.25. The number of carboxylic acid groups (broad SMARTS) is 1. The largest absolute Gasteiger partial charge is 0.496 e. The zero-order chi connectivity index (χ0) is 16.4. The Bertz CT molecular complexity index is 670. The highest BCUT2D eigenvalue weighted by Gasteiger charge is 2.30. The van der Waals surface area contributed by atoms with Crippen molar-refractivity contribution in [1.29, 1.82) is 0 Å². The van der Waals surface area contributed by atoms with Crippen molar-refractivity contribution < 1.29 is 29.0 Å². The lowest BCUT2D eigenvalue weighted by Crippen LogP contribution is -2.24. The Morgan fingerprint density at radius 2 is 1.91 bits per heavy atom. The van der Waals surface area contributed by atoms with E-state index in [1.165, 1.54) is 27.0 Å². The standard InChI is InChI=1S/C16H16O6/c1-8(17)12(9(2)18)5-10-4-11-6-15(16(19)20)22-14(11)7-13(10)21-3/h4-5,7,15H,6H2,1-3H3,(H,19,20). The molecule has 1 aliphatic rings. The third kappa shape index (κ3) is 3.00. The first-order valence-corrected chi connectivity index (χ1v) is 6.67. The number of ether oxygens (including phenoxy) is 2. The van der Waals surface area contributed by atoms with Crippen LogP contribution in [0.2, 0.25) is 0 Å². The van der Waals surface area contributed by atoms with Crippen LogP contribution in [-0.4, -0.2) is 35.9 Å². The number of fused-ring (bicyclic) bond motifs is 1. The van der Waals surface area contributed by atoms with Crippen molar-refractivity contribution in [3.05, 3.63) is 28.8 Å². The molecule has 2 rings (SSSR count). The highest BCUT2D eigenvalue weighted by Crippen LogP contribution is 2.36. The molecule has 0 radical (unpaired) electrons. The van der Waals surface area contributed by atoms with E-state index in [0.29, 0.717) is 22.6 Å². The molecule has 116 valence electrons. The first kappa shape index (κ1) is 15.8. The summed E-state index contributed by atoms with van der Waals surface area (Å²) >= 11 is 0. The van der Waals surface area contributed by atoms with Crippen molar-refractivity contribution >= 4 is 23.6 Å². The molecule has 1 aromatic rings. The smallest absolute Gasteiger partial charge is 0.345 e. The van der Waals surface area contributed by atoms with Gasteiger partial charge < -0.3 is 14.6 Å². The van der Waals surface area contributed by atoms with Gasteiger partial charge in [-0.25, -0.2) is 4.79 Å². The summed E-state index contributed by atoms with van der Waals surface area (Å²) in [6.07, 6.45) is 0.752. The maximum atomic E-state index is 11.5. The van der Waals surface area contributed by atoms with Crippen LogP contribution in [0, 0.1) is 0 Å². The minimum absolute atomic E-state index is 0.0620. The van der Waals surface area contributed by atoms with Gasteiger partial charge in [0, 0.05) is 18.1 Å². The van der Waals surface area contributed by atoms with E-state index in [-0.39, 0.29) is 23.6 Å². The highest BCUT2D eigenvalue weighted by molar-refractivity contribution is 6.21. The Morgan fingerprint density at radius 1 is 1.27 bits per heavy atom. The van der Waals surface area contributed by atoms with Gasteiger partial charge in [-0.3, -0.25) is 9.59 Å².